The highest BCUT2D eigenvalue weighted by atomic mass is 19.1. The first-order chi connectivity index (χ1) is 14.3. The number of aromatic nitrogens is 3. The van der Waals surface area contributed by atoms with E-state index in [9.17, 15) is 9.18 Å². The minimum Gasteiger partial charge on any atom is -0.355 e. The minimum absolute atomic E-state index is 0.0165. The first-order valence-corrected chi connectivity index (χ1v) is 10.5. The van der Waals surface area contributed by atoms with E-state index >= 15 is 0 Å². The van der Waals surface area contributed by atoms with Crippen LogP contribution in [-0.4, -0.2) is 51.6 Å². The fourth-order valence-corrected chi connectivity index (χ4v) is 3.79. The number of benzene rings is 1. The molecule has 1 aromatic carbocycles. The van der Waals surface area contributed by atoms with E-state index in [0.29, 0.717) is 6.54 Å². The van der Waals surface area contributed by atoms with Crippen LogP contribution in [0.3, 0.4) is 0 Å². The molecule has 0 radical (unpaired) electrons. The van der Waals surface area contributed by atoms with Gasteiger partial charge in [-0.25, -0.2) is 13.9 Å². The van der Waals surface area contributed by atoms with Crippen LogP contribution in [-0.2, 0) is 11.2 Å². The van der Waals surface area contributed by atoms with Crippen molar-refractivity contribution in [2.75, 3.05) is 26.2 Å². The van der Waals surface area contributed by atoms with Gasteiger partial charge in [-0.1, -0.05) is 26.0 Å². The second kappa shape index (κ2) is 9.34. The van der Waals surface area contributed by atoms with Gasteiger partial charge in [-0.2, -0.15) is 5.10 Å². The van der Waals surface area contributed by atoms with Gasteiger partial charge in [0.2, 0.25) is 5.91 Å². The number of likely N-dealkylation sites (N-methyl/N-ethyl adjacent to an activating group) is 1. The van der Waals surface area contributed by atoms with Crippen LogP contribution >= 0.6 is 0 Å². The van der Waals surface area contributed by atoms with Crippen LogP contribution in [0.2, 0.25) is 0 Å². The maximum absolute atomic E-state index is 13.3. The molecule has 160 valence electrons. The number of aryl methyl sites for hydroxylation is 3. The fourth-order valence-electron chi connectivity index (χ4n) is 3.79. The first kappa shape index (κ1) is 21.9. The van der Waals surface area contributed by atoms with E-state index in [4.69, 9.17) is 4.98 Å². The van der Waals surface area contributed by atoms with Crippen LogP contribution in [0, 0.1) is 26.6 Å². The lowest BCUT2D eigenvalue weighted by Crippen LogP contribution is -2.35. The van der Waals surface area contributed by atoms with Gasteiger partial charge in [-0.05, 0) is 51.6 Å². The van der Waals surface area contributed by atoms with Crippen LogP contribution < -0.4 is 5.32 Å². The topological polar surface area (TPSA) is 62.5 Å². The molecular formula is C23H30FN5O. The van der Waals surface area contributed by atoms with E-state index in [-0.39, 0.29) is 18.1 Å². The Morgan fingerprint density at radius 1 is 1.10 bits per heavy atom. The van der Waals surface area contributed by atoms with E-state index in [1.165, 1.54) is 12.1 Å². The van der Waals surface area contributed by atoms with Crippen molar-refractivity contribution in [2.24, 2.45) is 0 Å². The summed E-state index contributed by atoms with van der Waals surface area (Å²) in [6.07, 6.45) is 0.268. The summed E-state index contributed by atoms with van der Waals surface area (Å²) < 4.78 is 15.1. The van der Waals surface area contributed by atoms with Crippen molar-refractivity contribution in [2.45, 2.75) is 41.0 Å². The largest absolute Gasteiger partial charge is 0.355 e. The molecule has 0 saturated carbocycles. The summed E-state index contributed by atoms with van der Waals surface area (Å²) in [5, 5.41) is 7.66. The molecule has 0 aliphatic rings. The molecule has 30 heavy (non-hydrogen) atoms. The molecule has 1 N–H and O–H groups in total. The number of nitrogens with one attached hydrogen (secondary N) is 1. The standard InChI is InChI=1S/C23H30FN5O/c1-6-28(7-2)13-12-25-21(30)14-20-15(3)26-23-22(16(4)27-29(23)17(20)5)18-8-10-19(24)11-9-18/h8-11H,6-7,12-14H2,1-5H3,(H,25,30). The van der Waals surface area contributed by atoms with Gasteiger partial charge in [-0.3, -0.25) is 4.79 Å². The molecule has 0 saturated heterocycles. The van der Waals surface area contributed by atoms with Gasteiger partial charge in [0, 0.05) is 35.6 Å². The smallest absolute Gasteiger partial charge is 0.224 e. The molecule has 0 fully saturated rings. The second-order valence-corrected chi connectivity index (χ2v) is 7.52. The molecule has 0 spiro atoms. The Hall–Kier alpha value is -2.80. The van der Waals surface area contributed by atoms with Gasteiger partial charge in [0.25, 0.3) is 0 Å². The lowest BCUT2D eigenvalue weighted by atomic mass is 10.0. The third-order valence-corrected chi connectivity index (χ3v) is 5.62. The molecule has 3 aromatic rings. The summed E-state index contributed by atoms with van der Waals surface area (Å²) in [6, 6.07) is 6.36. The number of carbonyl (C=O) groups is 1. The lowest BCUT2D eigenvalue weighted by molar-refractivity contribution is -0.120. The Balaban J connectivity index is 1.85. The summed E-state index contributed by atoms with van der Waals surface area (Å²) in [6.45, 7) is 13.4. The zero-order valence-electron chi connectivity index (χ0n) is 18.4. The number of nitrogens with zero attached hydrogens (tertiary/aromatic N) is 4. The minimum atomic E-state index is -0.275. The van der Waals surface area contributed by atoms with Gasteiger partial charge in [0.15, 0.2) is 5.65 Å². The highest BCUT2D eigenvalue weighted by Crippen LogP contribution is 2.29. The van der Waals surface area contributed by atoms with Gasteiger partial charge in [0.05, 0.1) is 12.1 Å². The van der Waals surface area contributed by atoms with Gasteiger partial charge in [-0.15, -0.1) is 0 Å². The summed E-state index contributed by atoms with van der Waals surface area (Å²) >= 11 is 0. The van der Waals surface area contributed by atoms with E-state index < -0.39 is 0 Å². The van der Waals surface area contributed by atoms with E-state index in [1.807, 2.05) is 20.8 Å². The SMILES string of the molecule is CCN(CC)CCNC(=O)Cc1c(C)nc2c(-c3ccc(F)cc3)c(C)nn2c1C. The molecule has 6 nitrogen and oxygen atoms in total. The van der Waals surface area contributed by atoms with Crippen LogP contribution in [0.1, 0.15) is 36.5 Å². The quantitative estimate of drug-likeness (QED) is 0.617. The fraction of sp³-hybridized carbons (Fsp3) is 0.435. The van der Waals surface area contributed by atoms with Crippen molar-refractivity contribution >= 4 is 11.6 Å². The Labute approximate surface area is 177 Å². The summed E-state index contributed by atoms with van der Waals surface area (Å²) in [7, 11) is 0. The Kier molecular flexibility index (Phi) is 6.82. The zero-order chi connectivity index (χ0) is 21.8. The van der Waals surface area contributed by atoms with Crippen molar-refractivity contribution in [1.82, 2.24) is 24.8 Å². The first-order valence-electron chi connectivity index (χ1n) is 10.5. The van der Waals surface area contributed by atoms with Crippen molar-refractivity contribution in [3.63, 3.8) is 0 Å². The van der Waals surface area contributed by atoms with Crippen molar-refractivity contribution in [1.29, 1.82) is 0 Å². The normalized spacial score (nSPS) is 11.4. The third kappa shape index (κ3) is 4.51. The van der Waals surface area contributed by atoms with E-state index in [1.54, 1.807) is 16.6 Å². The Morgan fingerprint density at radius 2 is 1.77 bits per heavy atom. The average molecular weight is 412 g/mol. The Morgan fingerprint density at radius 3 is 2.40 bits per heavy atom. The number of hydrogen-bond acceptors (Lipinski definition) is 4. The number of fused-ring (bicyclic) bond motifs is 1. The summed E-state index contributed by atoms with van der Waals surface area (Å²) in [5.41, 5.74) is 5.89. The number of hydrogen-bond donors (Lipinski definition) is 1. The average Bonchev–Trinajstić information content (AvgIpc) is 3.05. The zero-order valence-corrected chi connectivity index (χ0v) is 18.4. The molecule has 0 aliphatic heterocycles. The predicted molar refractivity (Wildman–Crippen MR) is 117 cm³/mol. The third-order valence-electron chi connectivity index (χ3n) is 5.62. The molecule has 0 aliphatic carbocycles. The number of carbonyl (C=O) groups excluding carboxylic acids is 1. The Bertz CT molecular complexity index is 1040. The van der Waals surface area contributed by atoms with Gasteiger partial charge >= 0.3 is 0 Å². The molecule has 7 heteroatoms. The molecule has 3 rings (SSSR count). The molecule has 0 unspecified atom stereocenters. The van der Waals surface area contributed by atoms with Crippen molar-refractivity contribution in [3.05, 3.63) is 52.7 Å². The van der Waals surface area contributed by atoms with Gasteiger partial charge in [0.1, 0.15) is 5.82 Å². The lowest BCUT2D eigenvalue weighted by Gasteiger charge is -2.18. The molecule has 2 heterocycles. The highest BCUT2D eigenvalue weighted by Gasteiger charge is 2.19. The monoisotopic (exact) mass is 411 g/mol. The van der Waals surface area contributed by atoms with Crippen LogP contribution in [0.5, 0.6) is 0 Å². The van der Waals surface area contributed by atoms with Crippen LogP contribution in [0.15, 0.2) is 24.3 Å². The summed E-state index contributed by atoms with van der Waals surface area (Å²) in [4.78, 5) is 19.5. The molecule has 0 atom stereocenters. The van der Waals surface area contributed by atoms with Crippen LogP contribution in [0.25, 0.3) is 16.8 Å². The number of rotatable bonds is 8. The van der Waals surface area contributed by atoms with Crippen molar-refractivity contribution < 1.29 is 9.18 Å². The molecule has 0 bridgehead atoms. The predicted octanol–water partition coefficient (Wildman–Crippen LogP) is 3.46. The molecule has 2 aromatic heterocycles. The van der Waals surface area contributed by atoms with E-state index in [0.717, 1.165) is 59.1 Å². The highest BCUT2D eigenvalue weighted by molar-refractivity contribution is 5.82. The number of halogens is 1. The second-order valence-electron chi connectivity index (χ2n) is 7.52. The summed E-state index contributed by atoms with van der Waals surface area (Å²) in [5.74, 6) is -0.292. The van der Waals surface area contributed by atoms with E-state index in [2.05, 4.69) is 29.2 Å². The molecule has 1 amide bonds. The maximum Gasteiger partial charge on any atom is 0.224 e. The maximum atomic E-state index is 13.3. The van der Waals surface area contributed by atoms with Crippen LogP contribution in [0.4, 0.5) is 4.39 Å². The van der Waals surface area contributed by atoms with Crippen molar-refractivity contribution in [3.8, 4) is 11.1 Å². The number of amides is 1. The molecular weight excluding hydrogens is 381 g/mol. The van der Waals surface area contributed by atoms with Gasteiger partial charge < -0.3 is 10.2 Å².